The third kappa shape index (κ3) is 1.81. The van der Waals surface area contributed by atoms with Gasteiger partial charge in [0.25, 0.3) is 0 Å². The molecule has 2 nitrogen and oxygen atoms in total. The maximum absolute atomic E-state index is 12.7. The van der Waals surface area contributed by atoms with Crippen LogP contribution in [0.2, 0.25) is 0 Å². The molecular formula is C14H25NO. The molecule has 1 saturated heterocycles. The monoisotopic (exact) mass is 223 g/mol. The molecule has 0 N–H and O–H groups in total. The summed E-state index contributed by atoms with van der Waals surface area (Å²) in [5.74, 6) is 0.950. The number of nitrogens with zero attached hydrogens (tertiary/aromatic N) is 1. The van der Waals surface area contributed by atoms with Crippen LogP contribution in [-0.4, -0.2) is 29.3 Å². The molecule has 2 rings (SSSR count). The number of rotatable bonds is 5. The van der Waals surface area contributed by atoms with E-state index in [-0.39, 0.29) is 5.54 Å². The van der Waals surface area contributed by atoms with Crippen molar-refractivity contribution in [2.45, 2.75) is 64.3 Å². The Morgan fingerprint density at radius 2 is 1.69 bits per heavy atom. The van der Waals surface area contributed by atoms with Gasteiger partial charge in [-0.15, -0.1) is 0 Å². The topological polar surface area (TPSA) is 20.3 Å². The van der Waals surface area contributed by atoms with Crippen molar-refractivity contribution in [1.29, 1.82) is 0 Å². The van der Waals surface area contributed by atoms with Crippen LogP contribution in [0.5, 0.6) is 0 Å². The predicted molar refractivity (Wildman–Crippen MR) is 66.5 cm³/mol. The average molecular weight is 223 g/mol. The normalized spacial score (nSPS) is 23.4. The molecule has 0 spiro atoms. The zero-order valence-corrected chi connectivity index (χ0v) is 10.8. The summed E-state index contributed by atoms with van der Waals surface area (Å²) in [5.41, 5.74) is -0.110. The zero-order chi connectivity index (χ0) is 11.6. The molecule has 2 aliphatic rings. The van der Waals surface area contributed by atoms with E-state index in [4.69, 9.17) is 0 Å². The molecule has 2 fully saturated rings. The Labute approximate surface area is 99.4 Å². The minimum Gasteiger partial charge on any atom is -0.297 e. The van der Waals surface area contributed by atoms with Crippen LogP contribution in [-0.2, 0) is 4.79 Å². The summed E-state index contributed by atoms with van der Waals surface area (Å²) in [7, 11) is 0. The first kappa shape index (κ1) is 12.1. The lowest BCUT2D eigenvalue weighted by Crippen LogP contribution is -2.55. The summed E-state index contributed by atoms with van der Waals surface area (Å²) in [6, 6.07) is 0. The van der Waals surface area contributed by atoms with Gasteiger partial charge in [0, 0.05) is 5.92 Å². The molecule has 0 unspecified atom stereocenters. The van der Waals surface area contributed by atoms with E-state index < -0.39 is 0 Å². The highest BCUT2D eigenvalue weighted by molar-refractivity contribution is 5.91. The third-order valence-electron chi connectivity index (χ3n) is 4.82. The van der Waals surface area contributed by atoms with Crippen molar-refractivity contribution >= 4 is 5.78 Å². The Morgan fingerprint density at radius 3 is 2.06 bits per heavy atom. The Morgan fingerprint density at radius 1 is 1.12 bits per heavy atom. The molecule has 0 amide bonds. The van der Waals surface area contributed by atoms with Crippen LogP contribution in [0.4, 0.5) is 0 Å². The fourth-order valence-corrected chi connectivity index (χ4v) is 3.40. The van der Waals surface area contributed by atoms with Gasteiger partial charge in [0.15, 0.2) is 5.78 Å². The molecule has 16 heavy (non-hydrogen) atoms. The van der Waals surface area contributed by atoms with Gasteiger partial charge in [0.2, 0.25) is 0 Å². The summed E-state index contributed by atoms with van der Waals surface area (Å²) >= 11 is 0. The van der Waals surface area contributed by atoms with Gasteiger partial charge in [-0.1, -0.05) is 20.3 Å². The molecule has 0 bridgehead atoms. The second kappa shape index (κ2) is 4.87. The Bertz CT molecular complexity index is 247. The van der Waals surface area contributed by atoms with Gasteiger partial charge >= 0.3 is 0 Å². The summed E-state index contributed by atoms with van der Waals surface area (Å²) < 4.78 is 0. The zero-order valence-electron chi connectivity index (χ0n) is 10.8. The minimum atomic E-state index is -0.110. The SMILES string of the molecule is CCC(CC)(C(=O)C1CCC1)N1CCCC1. The highest BCUT2D eigenvalue weighted by Crippen LogP contribution is 2.37. The molecule has 0 aromatic heterocycles. The van der Waals surface area contributed by atoms with E-state index >= 15 is 0 Å². The van der Waals surface area contributed by atoms with Crippen LogP contribution < -0.4 is 0 Å². The fourth-order valence-electron chi connectivity index (χ4n) is 3.40. The standard InChI is InChI=1S/C14H25NO/c1-3-14(4-2,15-10-5-6-11-15)13(16)12-8-7-9-12/h12H,3-11H2,1-2H3. The molecule has 0 aromatic carbocycles. The fraction of sp³-hybridized carbons (Fsp3) is 0.929. The van der Waals surface area contributed by atoms with Crippen molar-refractivity contribution in [1.82, 2.24) is 4.90 Å². The molecule has 0 aromatic rings. The lowest BCUT2D eigenvalue weighted by atomic mass is 9.72. The van der Waals surface area contributed by atoms with Crippen LogP contribution in [0.3, 0.4) is 0 Å². The van der Waals surface area contributed by atoms with E-state index in [1.165, 1.54) is 19.3 Å². The minimum absolute atomic E-state index is 0.110. The molecule has 1 aliphatic heterocycles. The lowest BCUT2D eigenvalue weighted by molar-refractivity contribution is -0.138. The van der Waals surface area contributed by atoms with Crippen LogP contribution in [0.25, 0.3) is 0 Å². The largest absolute Gasteiger partial charge is 0.297 e. The highest BCUT2D eigenvalue weighted by atomic mass is 16.1. The summed E-state index contributed by atoms with van der Waals surface area (Å²) in [6.45, 7) is 6.66. The second-order valence-corrected chi connectivity index (χ2v) is 5.42. The third-order valence-corrected chi connectivity index (χ3v) is 4.82. The maximum atomic E-state index is 12.7. The molecule has 0 radical (unpaired) electrons. The van der Waals surface area contributed by atoms with Gasteiger partial charge in [0.1, 0.15) is 0 Å². The van der Waals surface area contributed by atoms with E-state index in [1.54, 1.807) is 0 Å². The van der Waals surface area contributed by atoms with E-state index in [0.717, 1.165) is 38.8 Å². The summed E-state index contributed by atoms with van der Waals surface area (Å²) in [4.78, 5) is 15.1. The number of Topliss-reactive ketones (excluding diaryl/α,β-unsaturated/α-hetero) is 1. The van der Waals surface area contributed by atoms with E-state index in [2.05, 4.69) is 18.7 Å². The van der Waals surface area contributed by atoms with Gasteiger partial charge < -0.3 is 0 Å². The lowest BCUT2D eigenvalue weighted by Gasteiger charge is -2.43. The number of ketones is 1. The Balaban J connectivity index is 2.14. The molecule has 1 heterocycles. The van der Waals surface area contributed by atoms with Gasteiger partial charge in [-0.05, 0) is 51.6 Å². The van der Waals surface area contributed by atoms with Crippen LogP contribution >= 0.6 is 0 Å². The first-order valence-corrected chi connectivity index (χ1v) is 7.04. The molecular weight excluding hydrogens is 198 g/mol. The number of likely N-dealkylation sites (tertiary alicyclic amines) is 1. The van der Waals surface area contributed by atoms with Crippen molar-refractivity contribution < 1.29 is 4.79 Å². The van der Waals surface area contributed by atoms with Gasteiger partial charge in [0.05, 0.1) is 5.54 Å². The summed E-state index contributed by atoms with van der Waals surface area (Å²) in [5, 5.41) is 0. The second-order valence-electron chi connectivity index (χ2n) is 5.42. The molecule has 92 valence electrons. The predicted octanol–water partition coefficient (Wildman–Crippen LogP) is 3.01. The first-order valence-electron chi connectivity index (χ1n) is 7.04. The van der Waals surface area contributed by atoms with E-state index in [1.807, 2.05) is 0 Å². The van der Waals surface area contributed by atoms with Crippen molar-refractivity contribution in [2.24, 2.45) is 5.92 Å². The van der Waals surface area contributed by atoms with E-state index in [0.29, 0.717) is 11.7 Å². The number of carbonyl (C=O) groups excluding carboxylic acids is 1. The van der Waals surface area contributed by atoms with E-state index in [9.17, 15) is 4.79 Å². The van der Waals surface area contributed by atoms with Gasteiger partial charge in [-0.25, -0.2) is 0 Å². The van der Waals surface area contributed by atoms with Crippen molar-refractivity contribution in [3.8, 4) is 0 Å². The number of carbonyl (C=O) groups is 1. The molecule has 2 heteroatoms. The van der Waals surface area contributed by atoms with Crippen molar-refractivity contribution in [2.75, 3.05) is 13.1 Å². The van der Waals surface area contributed by atoms with Gasteiger partial charge in [-0.3, -0.25) is 9.69 Å². The number of hydrogen-bond donors (Lipinski definition) is 0. The quantitative estimate of drug-likeness (QED) is 0.714. The van der Waals surface area contributed by atoms with Crippen LogP contribution in [0, 0.1) is 5.92 Å². The van der Waals surface area contributed by atoms with Crippen LogP contribution in [0.15, 0.2) is 0 Å². The Kier molecular flexibility index (Phi) is 3.68. The molecule has 1 aliphatic carbocycles. The average Bonchev–Trinajstić information content (AvgIpc) is 2.72. The smallest absolute Gasteiger partial charge is 0.156 e. The van der Waals surface area contributed by atoms with Crippen molar-refractivity contribution in [3.05, 3.63) is 0 Å². The summed E-state index contributed by atoms with van der Waals surface area (Å²) in [6.07, 6.45) is 8.11. The number of hydrogen-bond acceptors (Lipinski definition) is 2. The molecule has 1 saturated carbocycles. The van der Waals surface area contributed by atoms with Crippen LogP contribution in [0.1, 0.15) is 58.8 Å². The Hall–Kier alpha value is -0.370. The maximum Gasteiger partial charge on any atom is 0.156 e. The van der Waals surface area contributed by atoms with Gasteiger partial charge in [-0.2, -0.15) is 0 Å². The first-order chi connectivity index (χ1) is 7.74. The van der Waals surface area contributed by atoms with Crippen molar-refractivity contribution in [3.63, 3.8) is 0 Å². The highest BCUT2D eigenvalue weighted by Gasteiger charge is 2.45. The molecule has 0 atom stereocenters.